The molecule has 32 heavy (non-hydrogen) atoms. The zero-order chi connectivity index (χ0) is 22.7. The smallest absolute Gasteiger partial charge is 0.568 e. The summed E-state index contributed by atoms with van der Waals surface area (Å²) in [7, 11) is 0.0319. The maximum atomic E-state index is 14.7. The van der Waals surface area contributed by atoms with Crippen molar-refractivity contribution in [3.63, 3.8) is 0 Å². The highest BCUT2D eigenvalue weighted by Gasteiger charge is 2.55. The molecule has 0 aliphatic carbocycles. The lowest BCUT2D eigenvalue weighted by molar-refractivity contribution is -0.182. The summed E-state index contributed by atoms with van der Waals surface area (Å²) in [5.41, 5.74) is 1.96. The topological polar surface area (TPSA) is 48.2 Å². The minimum absolute atomic E-state index is 0.0138. The number of hydrogen-bond acceptors (Lipinski definition) is 4. The normalized spacial score (nSPS) is 15.0. The predicted molar refractivity (Wildman–Crippen MR) is 119 cm³/mol. The third-order valence-corrected chi connectivity index (χ3v) is 5.05. The van der Waals surface area contributed by atoms with Crippen molar-refractivity contribution in [2.24, 2.45) is 0 Å². The molecule has 1 heterocycles. The first-order valence-electron chi connectivity index (χ1n) is 9.87. The number of ketones is 1. The fourth-order valence-corrected chi connectivity index (χ4v) is 3.45. The molecule has 5 nitrogen and oxygen atoms in total. The number of methoxy groups -OCH3 is 3. The lowest BCUT2D eigenvalue weighted by Crippen LogP contribution is -2.33. The molecule has 3 aromatic carbocycles. The molecule has 1 aliphatic heterocycles. The molecule has 0 saturated heterocycles. The first kappa shape index (κ1) is 21.4. The van der Waals surface area contributed by atoms with Crippen LogP contribution in [0.4, 0.5) is 8.63 Å². The molecule has 0 fully saturated rings. The van der Waals surface area contributed by atoms with Gasteiger partial charge >= 0.3 is 7.11 Å². The Morgan fingerprint density at radius 2 is 1.03 bits per heavy atom. The lowest BCUT2D eigenvalue weighted by atomic mass is 9.90. The Kier molecular flexibility index (Phi) is 5.86. The Labute approximate surface area is 184 Å². The molecule has 0 atom stereocenters. The molecule has 0 aromatic heterocycles. The van der Waals surface area contributed by atoms with E-state index in [2.05, 4.69) is 0 Å². The van der Waals surface area contributed by atoms with Gasteiger partial charge in [-0.2, -0.15) is 0 Å². The van der Waals surface area contributed by atoms with Crippen molar-refractivity contribution in [1.29, 1.82) is 0 Å². The number of allylic oxidation sites excluding steroid dienone is 1. The minimum atomic E-state index is -4.60. The second-order valence-corrected chi connectivity index (χ2v) is 6.99. The molecule has 1 aliphatic rings. The minimum Gasteiger partial charge on any atom is -0.568 e. The van der Waals surface area contributed by atoms with Crippen LogP contribution in [0.1, 0.15) is 21.0 Å². The molecule has 0 saturated carbocycles. The van der Waals surface area contributed by atoms with Gasteiger partial charge in [0.05, 0.1) is 26.9 Å². The summed E-state index contributed by atoms with van der Waals surface area (Å²) in [5.74, 6) is 1.87. The molecule has 0 N–H and O–H groups in total. The number of hydrogen-bond donors (Lipinski definition) is 0. The van der Waals surface area contributed by atoms with Gasteiger partial charge in [-0.25, -0.2) is 0 Å². The van der Waals surface area contributed by atoms with Crippen LogP contribution in [-0.2, 0) is 4.65 Å². The van der Waals surface area contributed by atoms with Crippen LogP contribution in [-0.4, -0.2) is 34.2 Å². The SMILES string of the molecule is COc1ccc(C2=[O+][B-](F)(F)OC(c3ccc(OC)cc3)=C2c2ccc(OC)cc2)cc1. The Balaban J connectivity index is 1.94. The third kappa shape index (κ3) is 4.30. The van der Waals surface area contributed by atoms with Gasteiger partial charge in [-0.05, 0) is 66.2 Å². The molecular formula is C24H21BF2O5. The quantitative estimate of drug-likeness (QED) is 0.382. The Morgan fingerprint density at radius 1 is 0.625 bits per heavy atom. The average molecular weight is 438 g/mol. The Morgan fingerprint density at radius 3 is 1.47 bits per heavy atom. The number of rotatable bonds is 6. The van der Waals surface area contributed by atoms with Crippen LogP contribution in [0.3, 0.4) is 0 Å². The van der Waals surface area contributed by atoms with Crippen LogP contribution < -0.4 is 14.2 Å². The van der Waals surface area contributed by atoms with Crippen LogP contribution in [0.2, 0.25) is 0 Å². The lowest BCUT2D eigenvalue weighted by Gasteiger charge is -2.25. The largest absolute Gasteiger partial charge is 0.995 e. The van der Waals surface area contributed by atoms with Gasteiger partial charge in [0.1, 0.15) is 28.6 Å². The predicted octanol–water partition coefficient (Wildman–Crippen LogP) is 5.40. The molecule has 164 valence electrons. The molecule has 8 heteroatoms. The van der Waals surface area contributed by atoms with Gasteiger partial charge in [0.2, 0.25) is 0 Å². The van der Waals surface area contributed by atoms with Crippen molar-refractivity contribution >= 4 is 24.2 Å². The number of halogens is 2. The van der Waals surface area contributed by atoms with Gasteiger partial charge in [0.15, 0.2) is 0 Å². The Hall–Kier alpha value is -3.81. The highest BCUT2D eigenvalue weighted by atomic mass is 19.3. The summed E-state index contributed by atoms with van der Waals surface area (Å²) in [6.07, 6.45) is 0. The van der Waals surface area contributed by atoms with E-state index in [1.165, 1.54) is 14.2 Å². The van der Waals surface area contributed by atoms with E-state index in [0.29, 0.717) is 39.5 Å². The zero-order valence-corrected chi connectivity index (χ0v) is 17.8. The van der Waals surface area contributed by atoms with E-state index in [9.17, 15) is 8.63 Å². The maximum absolute atomic E-state index is 14.7. The first-order valence-corrected chi connectivity index (χ1v) is 9.87. The van der Waals surface area contributed by atoms with Crippen LogP contribution in [0, 0.1) is 0 Å². The van der Waals surface area contributed by atoms with E-state index in [1.807, 2.05) is 0 Å². The van der Waals surface area contributed by atoms with Gasteiger partial charge in [0, 0.05) is 5.56 Å². The van der Waals surface area contributed by atoms with Crippen molar-refractivity contribution in [1.82, 2.24) is 0 Å². The van der Waals surface area contributed by atoms with Gasteiger partial charge < -0.3 is 31.8 Å². The van der Waals surface area contributed by atoms with E-state index in [1.54, 1.807) is 79.9 Å². The van der Waals surface area contributed by atoms with Gasteiger partial charge in [0.25, 0.3) is 5.78 Å². The number of benzene rings is 3. The fraction of sp³-hybridized carbons (Fsp3) is 0.125. The van der Waals surface area contributed by atoms with Crippen LogP contribution in [0.25, 0.3) is 11.3 Å². The van der Waals surface area contributed by atoms with E-state index < -0.39 is 7.11 Å². The highest BCUT2D eigenvalue weighted by Crippen LogP contribution is 2.39. The zero-order valence-electron chi connectivity index (χ0n) is 17.8. The molecule has 0 radical (unpaired) electrons. The van der Waals surface area contributed by atoms with Crippen LogP contribution in [0.15, 0.2) is 72.8 Å². The van der Waals surface area contributed by atoms with E-state index in [4.69, 9.17) is 23.2 Å². The van der Waals surface area contributed by atoms with Crippen molar-refractivity contribution in [2.75, 3.05) is 21.3 Å². The molecule has 4 rings (SSSR count). The summed E-state index contributed by atoms with van der Waals surface area (Å²) in [6, 6.07) is 20.4. The van der Waals surface area contributed by atoms with Gasteiger partial charge in [-0.1, -0.05) is 12.1 Å². The van der Waals surface area contributed by atoms with E-state index >= 15 is 0 Å². The van der Waals surface area contributed by atoms with Crippen molar-refractivity contribution in [2.45, 2.75) is 0 Å². The third-order valence-electron chi connectivity index (χ3n) is 5.05. The first-order chi connectivity index (χ1) is 15.4. The van der Waals surface area contributed by atoms with Crippen molar-refractivity contribution < 1.29 is 31.8 Å². The van der Waals surface area contributed by atoms with E-state index in [-0.39, 0.29) is 11.5 Å². The summed E-state index contributed by atoms with van der Waals surface area (Å²) in [6.45, 7) is 0. The standard InChI is InChI=1S/C24H21BF2O5/c1-28-19-10-4-16(5-11-19)22-23(17-6-12-20(29-2)13-7-17)31-25(26,27)32-24(22)18-8-14-21(30-3)15-9-18/h4-15H,1-3H3. The Bertz CT molecular complexity index is 1150. The summed E-state index contributed by atoms with van der Waals surface area (Å²) >= 11 is 0. The maximum Gasteiger partial charge on any atom is 0.995 e. The van der Waals surface area contributed by atoms with Crippen LogP contribution >= 0.6 is 0 Å². The molecular weight excluding hydrogens is 417 g/mol. The van der Waals surface area contributed by atoms with Gasteiger partial charge in [-0.3, -0.25) is 0 Å². The summed E-state index contributed by atoms with van der Waals surface area (Å²) in [5, 5.41) is 0. The summed E-state index contributed by atoms with van der Waals surface area (Å²) in [4.78, 5) is 0. The highest BCUT2D eigenvalue weighted by molar-refractivity contribution is 6.55. The monoisotopic (exact) mass is 438 g/mol. The average Bonchev–Trinajstić information content (AvgIpc) is 2.83. The second-order valence-electron chi connectivity index (χ2n) is 6.99. The molecule has 0 amide bonds. The molecule has 0 spiro atoms. The molecule has 0 bridgehead atoms. The second kappa shape index (κ2) is 8.74. The fourth-order valence-electron chi connectivity index (χ4n) is 3.45. The van der Waals surface area contributed by atoms with Crippen molar-refractivity contribution in [3.8, 4) is 17.2 Å². The van der Waals surface area contributed by atoms with E-state index in [0.717, 1.165) is 0 Å². The molecule has 3 aromatic rings. The van der Waals surface area contributed by atoms with Crippen molar-refractivity contribution in [3.05, 3.63) is 89.5 Å². The number of ether oxygens (including phenoxy) is 3. The van der Waals surface area contributed by atoms with Crippen LogP contribution in [0.5, 0.6) is 17.2 Å². The molecule has 0 unspecified atom stereocenters. The number of carbonyl (C=O) groups excluding carboxylic acids is 1. The summed E-state index contributed by atoms with van der Waals surface area (Å²) < 4.78 is 55.2. The van der Waals surface area contributed by atoms with Gasteiger partial charge in [-0.15, -0.1) is 0 Å².